The summed E-state index contributed by atoms with van der Waals surface area (Å²) in [6, 6.07) is 7.37. The standard InChI is InChI=1S/C12H18N2O2/c1-3-14-12(15)8-16-11-7-5-4-6-10(11)9(2)13/h4-7,9H,3,8,13H2,1-2H3,(H,14,15)/t9-/m1/s1. The van der Waals surface area contributed by atoms with Crippen molar-refractivity contribution in [3.8, 4) is 5.75 Å². The maximum absolute atomic E-state index is 11.2. The molecule has 16 heavy (non-hydrogen) atoms. The van der Waals surface area contributed by atoms with Gasteiger partial charge < -0.3 is 15.8 Å². The second-order valence-corrected chi connectivity index (χ2v) is 3.57. The first-order chi connectivity index (χ1) is 7.65. The highest BCUT2D eigenvalue weighted by atomic mass is 16.5. The summed E-state index contributed by atoms with van der Waals surface area (Å²) < 4.78 is 5.42. The molecule has 0 aliphatic carbocycles. The van der Waals surface area contributed by atoms with Crippen LogP contribution >= 0.6 is 0 Å². The van der Waals surface area contributed by atoms with Crippen molar-refractivity contribution in [3.63, 3.8) is 0 Å². The topological polar surface area (TPSA) is 64.3 Å². The van der Waals surface area contributed by atoms with Gasteiger partial charge in [0, 0.05) is 18.2 Å². The van der Waals surface area contributed by atoms with Crippen LogP contribution in [0.4, 0.5) is 0 Å². The lowest BCUT2D eigenvalue weighted by Crippen LogP contribution is -2.28. The number of ether oxygens (including phenoxy) is 1. The molecular weight excluding hydrogens is 204 g/mol. The Morgan fingerprint density at radius 3 is 2.81 bits per heavy atom. The summed E-state index contributed by atoms with van der Waals surface area (Å²) in [5, 5.41) is 2.67. The minimum absolute atomic E-state index is 0.0254. The molecule has 0 saturated carbocycles. The van der Waals surface area contributed by atoms with E-state index in [1.165, 1.54) is 0 Å². The van der Waals surface area contributed by atoms with Crippen LogP contribution in [0.2, 0.25) is 0 Å². The van der Waals surface area contributed by atoms with E-state index >= 15 is 0 Å². The van der Waals surface area contributed by atoms with E-state index in [2.05, 4.69) is 5.32 Å². The highest BCUT2D eigenvalue weighted by Gasteiger charge is 2.08. The van der Waals surface area contributed by atoms with E-state index in [4.69, 9.17) is 10.5 Å². The van der Waals surface area contributed by atoms with Crippen LogP contribution in [0.15, 0.2) is 24.3 Å². The SMILES string of the molecule is CCNC(=O)COc1ccccc1[C@@H](C)N. The molecule has 0 aliphatic rings. The number of carbonyl (C=O) groups is 1. The molecule has 1 atom stereocenters. The van der Waals surface area contributed by atoms with E-state index in [-0.39, 0.29) is 18.6 Å². The third kappa shape index (κ3) is 3.55. The van der Waals surface area contributed by atoms with Crippen molar-refractivity contribution < 1.29 is 9.53 Å². The highest BCUT2D eigenvalue weighted by Crippen LogP contribution is 2.22. The molecule has 3 N–H and O–H groups in total. The van der Waals surface area contributed by atoms with Crippen molar-refractivity contribution in [1.82, 2.24) is 5.32 Å². The molecule has 0 fully saturated rings. The third-order valence-corrected chi connectivity index (χ3v) is 2.14. The predicted octanol–water partition coefficient (Wildman–Crippen LogP) is 1.22. The number of amides is 1. The van der Waals surface area contributed by atoms with Crippen molar-refractivity contribution in [3.05, 3.63) is 29.8 Å². The second-order valence-electron chi connectivity index (χ2n) is 3.57. The van der Waals surface area contributed by atoms with Crippen LogP contribution in [0.25, 0.3) is 0 Å². The van der Waals surface area contributed by atoms with E-state index in [0.717, 1.165) is 5.56 Å². The van der Waals surface area contributed by atoms with Crippen molar-refractivity contribution in [2.75, 3.05) is 13.2 Å². The lowest BCUT2D eigenvalue weighted by Gasteiger charge is -2.13. The van der Waals surface area contributed by atoms with E-state index < -0.39 is 0 Å². The average molecular weight is 222 g/mol. The Balaban J connectivity index is 2.63. The Hall–Kier alpha value is -1.55. The lowest BCUT2D eigenvalue weighted by molar-refractivity contribution is -0.123. The number of para-hydroxylation sites is 1. The molecule has 0 unspecified atom stereocenters. The van der Waals surface area contributed by atoms with Gasteiger partial charge in [0.15, 0.2) is 6.61 Å². The maximum Gasteiger partial charge on any atom is 0.257 e. The summed E-state index contributed by atoms with van der Waals surface area (Å²) in [7, 11) is 0. The summed E-state index contributed by atoms with van der Waals surface area (Å²) in [5.41, 5.74) is 6.71. The number of benzene rings is 1. The molecule has 0 saturated heterocycles. The van der Waals surface area contributed by atoms with E-state index in [1.807, 2.05) is 38.1 Å². The Labute approximate surface area is 95.8 Å². The highest BCUT2D eigenvalue weighted by molar-refractivity contribution is 5.77. The molecule has 4 heteroatoms. The number of carbonyl (C=O) groups excluding carboxylic acids is 1. The zero-order chi connectivity index (χ0) is 12.0. The van der Waals surface area contributed by atoms with Crippen molar-refractivity contribution in [1.29, 1.82) is 0 Å². The van der Waals surface area contributed by atoms with Crippen LogP contribution < -0.4 is 15.8 Å². The Kier molecular flexibility index (Phi) is 4.79. The smallest absolute Gasteiger partial charge is 0.257 e. The first-order valence-electron chi connectivity index (χ1n) is 5.39. The molecule has 0 spiro atoms. The Morgan fingerprint density at radius 1 is 1.50 bits per heavy atom. The molecular formula is C12H18N2O2. The van der Waals surface area contributed by atoms with Gasteiger partial charge in [-0.1, -0.05) is 18.2 Å². The molecule has 0 bridgehead atoms. The van der Waals surface area contributed by atoms with Gasteiger partial charge in [0.2, 0.25) is 0 Å². The summed E-state index contributed by atoms with van der Waals surface area (Å²) >= 11 is 0. The van der Waals surface area contributed by atoms with Crippen LogP contribution in [0, 0.1) is 0 Å². The first kappa shape index (κ1) is 12.5. The van der Waals surface area contributed by atoms with Gasteiger partial charge in [-0.3, -0.25) is 4.79 Å². The lowest BCUT2D eigenvalue weighted by atomic mass is 10.1. The molecule has 1 aromatic carbocycles. The molecule has 0 aromatic heterocycles. The Morgan fingerprint density at radius 2 is 2.19 bits per heavy atom. The minimum atomic E-state index is -0.123. The normalized spacial score (nSPS) is 11.9. The molecule has 4 nitrogen and oxygen atoms in total. The first-order valence-corrected chi connectivity index (χ1v) is 5.39. The second kappa shape index (κ2) is 6.12. The van der Waals surface area contributed by atoms with Gasteiger partial charge in [-0.15, -0.1) is 0 Å². The van der Waals surface area contributed by atoms with Crippen molar-refractivity contribution in [2.24, 2.45) is 5.73 Å². The zero-order valence-electron chi connectivity index (χ0n) is 9.69. The van der Waals surface area contributed by atoms with E-state index in [9.17, 15) is 4.79 Å². The van der Waals surface area contributed by atoms with Crippen LogP contribution in [0.3, 0.4) is 0 Å². The molecule has 0 radical (unpaired) electrons. The number of likely N-dealkylation sites (N-methyl/N-ethyl adjacent to an activating group) is 1. The van der Waals surface area contributed by atoms with Crippen LogP contribution in [0.5, 0.6) is 5.75 Å². The van der Waals surface area contributed by atoms with Gasteiger partial charge in [-0.25, -0.2) is 0 Å². The van der Waals surface area contributed by atoms with Crippen LogP contribution in [-0.4, -0.2) is 19.1 Å². The van der Waals surface area contributed by atoms with Gasteiger partial charge in [0.1, 0.15) is 5.75 Å². The fraction of sp³-hybridized carbons (Fsp3) is 0.417. The average Bonchev–Trinajstić information content (AvgIpc) is 2.27. The molecule has 88 valence electrons. The fourth-order valence-electron chi connectivity index (χ4n) is 1.38. The summed E-state index contributed by atoms with van der Waals surface area (Å²) in [6.07, 6.45) is 0. The third-order valence-electron chi connectivity index (χ3n) is 2.14. The molecule has 0 aliphatic heterocycles. The largest absolute Gasteiger partial charge is 0.483 e. The molecule has 0 heterocycles. The maximum atomic E-state index is 11.2. The molecule has 1 aromatic rings. The zero-order valence-corrected chi connectivity index (χ0v) is 9.69. The fourth-order valence-corrected chi connectivity index (χ4v) is 1.38. The van der Waals surface area contributed by atoms with Gasteiger partial charge in [-0.2, -0.15) is 0 Å². The van der Waals surface area contributed by atoms with Gasteiger partial charge in [0.05, 0.1) is 0 Å². The quantitative estimate of drug-likeness (QED) is 0.787. The molecule has 1 amide bonds. The number of hydrogen-bond donors (Lipinski definition) is 2. The minimum Gasteiger partial charge on any atom is -0.483 e. The van der Waals surface area contributed by atoms with Gasteiger partial charge >= 0.3 is 0 Å². The van der Waals surface area contributed by atoms with Gasteiger partial charge in [-0.05, 0) is 19.9 Å². The summed E-state index contributed by atoms with van der Waals surface area (Å²) in [5.74, 6) is 0.547. The number of hydrogen-bond acceptors (Lipinski definition) is 3. The van der Waals surface area contributed by atoms with E-state index in [1.54, 1.807) is 0 Å². The van der Waals surface area contributed by atoms with Crippen LogP contribution in [0.1, 0.15) is 25.5 Å². The van der Waals surface area contributed by atoms with Crippen molar-refractivity contribution >= 4 is 5.91 Å². The number of rotatable bonds is 5. The number of nitrogens with one attached hydrogen (secondary N) is 1. The van der Waals surface area contributed by atoms with E-state index in [0.29, 0.717) is 12.3 Å². The predicted molar refractivity (Wildman–Crippen MR) is 63.2 cm³/mol. The summed E-state index contributed by atoms with van der Waals surface area (Å²) in [4.78, 5) is 11.2. The monoisotopic (exact) mass is 222 g/mol. The van der Waals surface area contributed by atoms with Crippen molar-refractivity contribution in [2.45, 2.75) is 19.9 Å². The Bertz CT molecular complexity index is 351. The summed E-state index contributed by atoms with van der Waals surface area (Å²) in [6.45, 7) is 4.39. The van der Waals surface area contributed by atoms with Crippen LogP contribution in [-0.2, 0) is 4.79 Å². The molecule has 1 rings (SSSR count). The number of nitrogens with two attached hydrogens (primary N) is 1. The van der Waals surface area contributed by atoms with Gasteiger partial charge in [0.25, 0.3) is 5.91 Å².